The normalized spacial score (nSPS) is 16.6. The van der Waals surface area contributed by atoms with Gasteiger partial charge in [0, 0.05) is 74.4 Å². The van der Waals surface area contributed by atoms with Crippen LogP contribution in [0.5, 0.6) is 5.75 Å². The second kappa shape index (κ2) is 9.76. The van der Waals surface area contributed by atoms with Gasteiger partial charge in [-0.2, -0.15) is 5.10 Å². The minimum atomic E-state index is 0.721. The fourth-order valence-corrected chi connectivity index (χ4v) is 5.28. The molecule has 0 atom stereocenters. The molecule has 3 aromatic heterocycles. The Hall–Kier alpha value is -3.29. The number of pyridine rings is 2. The molecule has 0 amide bonds. The van der Waals surface area contributed by atoms with E-state index in [-0.39, 0.29) is 0 Å². The van der Waals surface area contributed by atoms with Crippen molar-refractivity contribution >= 4 is 10.9 Å². The second-order valence-electron chi connectivity index (χ2n) is 9.60. The molecule has 0 aliphatic carbocycles. The lowest BCUT2D eigenvalue weighted by Crippen LogP contribution is -2.44. The molecular formula is C28H32N6O. The van der Waals surface area contributed by atoms with Crippen LogP contribution in [0.1, 0.15) is 18.5 Å². The Balaban J connectivity index is 1.24. The van der Waals surface area contributed by atoms with Gasteiger partial charge in [0.1, 0.15) is 11.4 Å². The van der Waals surface area contributed by atoms with Gasteiger partial charge in [-0.15, -0.1) is 0 Å². The molecule has 0 radical (unpaired) electrons. The number of aryl methyl sites for hydroxylation is 1. The molecule has 6 rings (SSSR count). The molecular weight excluding hydrogens is 436 g/mol. The van der Waals surface area contributed by atoms with Crippen molar-refractivity contribution in [3.8, 4) is 28.3 Å². The van der Waals surface area contributed by atoms with E-state index >= 15 is 0 Å². The summed E-state index contributed by atoms with van der Waals surface area (Å²) in [7, 11) is 2.19. The zero-order valence-corrected chi connectivity index (χ0v) is 20.4. The highest BCUT2D eigenvalue weighted by Crippen LogP contribution is 2.40. The van der Waals surface area contributed by atoms with Crippen molar-refractivity contribution in [1.29, 1.82) is 0 Å². The first-order chi connectivity index (χ1) is 17.3. The first kappa shape index (κ1) is 22.2. The van der Waals surface area contributed by atoms with Crippen LogP contribution in [0.3, 0.4) is 0 Å². The average molecular weight is 469 g/mol. The summed E-state index contributed by atoms with van der Waals surface area (Å²) in [6.45, 7) is 7.39. The highest BCUT2D eigenvalue weighted by Gasteiger charge is 2.25. The van der Waals surface area contributed by atoms with Crippen molar-refractivity contribution < 1.29 is 4.74 Å². The molecule has 0 bridgehead atoms. The van der Waals surface area contributed by atoms with Crippen LogP contribution in [0.2, 0.25) is 0 Å². The van der Waals surface area contributed by atoms with Crippen LogP contribution in [0.15, 0.2) is 54.9 Å². The summed E-state index contributed by atoms with van der Waals surface area (Å²) < 4.78 is 8.28. The number of nitrogens with zero attached hydrogens (tertiary/aromatic N) is 6. The van der Waals surface area contributed by atoms with Gasteiger partial charge in [0.15, 0.2) is 0 Å². The number of fused-ring (bicyclic) bond motifs is 2. The maximum atomic E-state index is 6.12. The summed E-state index contributed by atoms with van der Waals surface area (Å²) in [6.07, 6.45) is 6.93. The Bertz CT molecular complexity index is 1310. The summed E-state index contributed by atoms with van der Waals surface area (Å²) in [6, 6.07) is 14.4. The number of aromatic nitrogens is 4. The average Bonchev–Trinajstić information content (AvgIpc) is 3.49. The Morgan fingerprint density at radius 3 is 2.71 bits per heavy atom. The van der Waals surface area contributed by atoms with Gasteiger partial charge in [-0.1, -0.05) is 6.07 Å². The molecule has 0 N–H and O–H groups in total. The Morgan fingerprint density at radius 1 is 0.943 bits per heavy atom. The minimum absolute atomic E-state index is 0.721. The largest absolute Gasteiger partial charge is 0.493 e. The van der Waals surface area contributed by atoms with Crippen LogP contribution in [-0.4, -0.2) is 75.9 Å². The third kappa shape index (κ3) is 4.54. The second-order valence-corrected chi connectivity index (χ2v) is 9.60. The van der Waals surface area contributed by atoms with Gasteiger partial charge in [0.05, 0.1) is 17.8 Å². The van der Waals surface area contributed by atoms with E-state index < -0.39 is 0 Å². The monoisotopic (exact) mass is 468 g/mol. The van der Waals surface area contributed by atoms with E-state index in [1.165, 1.54) is 16.8 Å². The first-order valence-corrected chi connectivity index (χ1v) is 12.7. The molecule has 1 aromatic carbocycles. The third-order valence-corrected chi connectivity index (χ3v) is 7.22. The van der Waals surface area contributed by atoms with Crippen LogP contribution in [-0.2, 0) is 13.0 Å². The Morgan fingerprint density at radius 2 is 1.86 bits per heavy atom. The first-order valence-electron chi connectivity index (χ1n) is 12.7. The molecule has 35 heavy (non-hydrogen) atoms. The van der Waals surface area contributed by atoms with Crippen molar-refractivity contribution in [2.24, 2.45) is 0 Å². The lowest BCUT2D eigenvalue weighted by atomic mass is 9.96. The number of ether oxygens (including phenoxy) is 1. The lowest BCUT2D eigenvalue weighted by molar-refractivity contribution is 0.145. The van der Waals surface area contributed by atoms with Gasteiger partial charge in [-0.05, 0) is 62.2 Å². The number of rotatable bonds is 7. The summed E-state index contributed by atoms with van der Waals surface area (Å²) in [4.78, 5) is 14.2. The molecule has 0 spiro atoms. The fraction of sp³-hybridized carbons (Fsp3) is 0.393. The van der Waals surface area contributed by atoms with Gasteiger partial charge in [0.25, 0.3) is 0 Å². The molecule has 4 aromatic rings. The van der Waals surface area contributed by atoms with E-state index in [9.17, 15) is 0 Å². The molecule has 7 nitrogen and oxygen atoms in total. The van der Waals surface area contributed by atoms with Crippen LogP contribution >= 0.6 is 0 Å². The van der Waals surface area contributed by atoms with E-state index in [4.69, 9.17) is 9.84 Å². The number of piperazine rings is 1. The zero-order chi connectivity index (χ0) is 23.6. The molecule has 2 aliphatic heterocycles. The number of hydrogen-bond acceptors (Lipinski definition) is 6. The number of hydrogen-bond donors (Lipinski definition) is 0. The van der Waals surface area contributed by atoms with E-state index in [1.807, 2.05) is 30.6 Å². The highest BCUT2D eigenvalue weighted by atomic mass is 16.5. The van der Waals surface area contributed by atoms with Gasteiger partial charge in [-0.3, -0.25) is 14.6 Å². The summed E-state index contributed by atoms with van der Waals surface area (Å²) in [5.41, 5.74) is 6.47. The zero-order valence-electron chi connectivity index (χ0n) is 20.4. The van der Waals surface area contributed by atoms with Crippen LogP contribution in [0.25, 0.3) is 33.4 Å². The maximum absolute atomic E-state index is 6.12. The maximum Gasteiger partial charge on any atom is 0.121 e. The molecule has 0 unspecified atom stereocenters. The quantitative estimate of drug-likeness (QED) is 0.380. The number of likely N-dealkylation sites (N-methyl/N-ethyl adjacent to an activating group) is 1. The molecule has 1 fully saturated rings. The van der Waals surface area contributed by atoms with Gasteiger partial charge >= 0.3 is 0 Å². The standard InChI is InChI=1S/C28H32N6O/c1-32-15-17-33(18-16-32)13-5-19-35-21-8-9-22-23(10-12-30-25(22)20-21)27-26-7-4-14-34(26)31-28(27)24-6-2-3-11-29-24/h2-3,6,8-12,20H,4-5,7,13-19H2,1H3. The van der Waals surface area contributed by atoms with Gasteiger partial charge in [0.2, 0.25) is 0 Å². The fourth-order valence-electron chi connectivity index (χ4n) is 5.28. The van der Waals surface area contributed by atoms with Gasteiger partial charge in [-0.25, -0.2) is 0 Å². The van der Waals surface area contributed by atoms with Crippen LogP contribution < -0.4 is 4.74 Å². The smallest absolute Gasteiger partial charge is 0.121 e. The SMILES string of the molecule is CN1CCN(CCCOc2ccc3c(-c4c(-c5ccccn5)nn5c4CCC5)ccnc3c2)CC1. The molecule has 180 valence electrons. The molecule has 5 heterocycles. The summed E-state index contributed by atoms with van der Waals surface area (Å²) in [5, 5.41) is 6.08. The van der Waals surface area contributed by atoms with Crippen LogP contribution in [0, 0.1) is 0 Å². The van der Waals surface area contributed by atoms with Crippen molar-refractivity contribution in [3.63, 3.8) is 0 Å². The topological polar surface area (TPSA) is 59.3 Å². The number of benzene rings is 1. The van der Waals surface area contributed by atoms with Crippen LogP contribution in [0.4, 0.5) is 0 Å². The summed E-state index contributed by atoms with van der Waals surface area (Å²) in [5.74, 6) is 0.880. The molecule has 7 heteroatoms. The van der Waals surface area contributed by atoms with Crippen molar-refractivity contribution in [1.82, 2.24) is 29.5 Å². The highest BCUT2D eigenvalue weighted by molar-refractivity contribution is 5.99. The predicted molar refractivity (Wildman–Crippen MR) is 139 cm³/mol. The minimum Gasteiger partial charge on any atom is -0.493 e. The Labute approximate surface area is 206 Å². The van der Waals surface area contributed by atoms with Gasteiger partial charge < -0.3 is 14.5 Å². The van der Waals surface area contributed by atoms with Crippen molar-refractivity contribution in [2.45, 2.75) is 25.8 Å². The van der Waals surface area contributed by atoms with E-state index in [2.05, 4.69) is 55.8 Å². The molecule has 2 aliphatic rings. The van der Waals surface area contributed by atoms with Crippen molar-refractivity contribution in [2.75, 3.05) is 46.4 Å². The van der Waals surface area contributed by atoms with Crippen molar-refractivity contribution in [3.05, 3.63) is 60.6 Å². The lowest BCUT2D eigenvalue weighted by Gasteiger charge is -2.32. The molecule has 0 saturated carbocycles. The third-order valence-electron chi connectivity index (χ3n) is 7.22. The van der Waals surface area contributed by atoms with E-state index in [0.717, 1.165) is 93.2 Å². The predicted octanol–water partition coefficient (Wildman–Crippen LogP) is 4.12. The summed E-state index contributed by atoms with van der Waals surface area (Å²) >= 11 is 0. The van der Waals surface area contributed by atoms with E-state index in [0.29, 0.717) is 0 Å². The molecule has 1 saturated heterocycles. The van der Waals surface area contributed by atoms with E-state index in [1.54, 1.807) is 0 Å². The Kier molecular flexibility index (Phi) is 6.19.